The molecule has 0 aliphatic carbocycles. The lowest BCUT2D eigenvalue weighted by molar-refractivity contribution is -0.143. The molecule has 18 heavy (non-hydrogen) atoms. The van der Waals surface area contributed by atoms with E-state index in [4.69, 9.17) is 4.74 Å². The molecule has 1 amide bonds. The van der Waals surface area contributed by atoms with E-state index in [2.05, 4.69) is 11.6 Å². The molecule has 0 fully saturated rings. The van der Waals surface area contributed by atoms with Gasteiger partial charge in [-0.25, -0.2) is 4.98 Å². The van der Waals surface area contributed by atoms with Crippen LogP contribution in [0.2, 0.25) is 0 Å². The van der Waals surface area contributed by atoms with Crippen molar-refractivity contribution in [2.45, 2.75) is 13.8 Å². The molecule has 1 aromatic heterocycles. The Kier molecular flexibility index (Phi) is 5.51. The van der Waals surface area contributed by atoms with Gasteiger partial charge in [0, 0.05) is 6.54 Å². The molecule has 0 unspecified atom stereocenters. The van der Waals surface area contributed by atoms with E-state index in [9.17, 15) is 9.59 Å². The van der Waals surface area contributed by atoms with Crippen LogP contribution in [0.15, 0.2) is 18.2 Å². The minimum atomic E-state index is -0.421. The zero-order valence-electron chi connectivity index (χ0n) is 10.5. The fraction of sp³-hybridized carbons (Fsp3) is 0.417. The van der Waals surface area contributed by atoms with Gasteiger partial charge in [-0.3, -0.25) is 9.59 Å². The molecule has 1 aromatic rings. The van der Waals surface area contributed by atoms with E-state index in [-0.39, 0.29) is 12.5 Å². The summed E-state index contributed by atoms with van der Waals surface area (Å²) in [4.78, 5) is 29.6. The summed E-state index contributed by atoms with van der Waals surface area (Å²) in [6.45, 7) is 7.60. The topological polar surface area (TPSA) is 59.5 Å². The Hall–Kier alpha value is -1.69. The summed E-state index contributed by atoms with van der Waals surface area (Å²) in [7, 11) is 0. The van der Waals surface area contributed by atoms with Crippen molar-refractivity contribution in [2.75, 3.05) is 19.7 Å². The second-order valence-electron chi connectivity index (χ2n) is 3.55. The van der Waals surface area contributed by atoms with Gasteiger partial charge in [0.2, 0.25) is 0 Å². The predicted molar refractivity (Wildman–Crippen MR) is 69.6 cm³/mol. The van der Waals surface area contributed by atoms with Crippen molar-refractivity contribution < 1.29 is 14.3 Å². The second-order valence-corrected chi connectivity index (χ2v) is 4.40. The first kappa shape index (κ1) is 14.4. The van der Waals surface area contributed by atoms with Crippen LogP contribution in [0, 0.1) is 6.92 Å². The van der Waals surface area contributed by atoms with E-state index in [1.807, 2.05) is 0 Å². The molecular formula is C12H16N2O3S. The normalized spacial score (nSPS) is 9.89. The molecule has 0 bridgehead atoms. The molecule has 0 aliphatic heterocycles. The van der Waals surface area contributed by atoms with Crippen LogP contribution in [0.1, 0.15) is 22.3 Å². The van der Waals surface area contributed by atoms with E-state index in [0.29, 0.717) is 23.7 Å². The van der Waals surface area contributed by atoms with Gasteiger partial charge in [0.1, 0.15) is 11.4 Å². The van der Waals surface area contributed by atoms with E-state index < -0.39 is 5.97 Å². The van der Waals surface area contributed by atoms with Crippen LogP contribution in [0.4, 0.5) is 0 Å². The largest absolute Gasteiger partial charge is 0.465 e. The number of aryl methyl sites for hydroxylation is 1. The first-order valence-electron chi connectivity index (χ1n) is 5.56. The standard InChI is InChI=1S/C12H16N2O3S/c1-4-6-14(7-10(15)17-5-2)12(16)11-9(3)13-8-18-11/h4,8H,1,5-7H2,2-3H3. The number of hydrogen-bond donors (Lipinski definition) is 0. The molecule has 0 N–H and O–H groups in total. The molecule has 0 aromatic carbocycles. The Morgan fingerprint density at radius 2 is 2.33 bits per heavy atom. The molecule has 0 saturated heterocycles. The maximum atomic E-state index is 12.2. The summed E-state index contributed by atoms with van der Waals surface area (Å²) < 4.78 is 4.84. The fourth-order valence-corrected chi connectivity index (χ4v) is 2.16. The maximum absolute atomic E-state index is 12.2. The highest BCUT2D eigenvalue weighted by molar-refractivity contribution is 7.11. The zero-order chi connectivity index (χ0) is 13.5. The molecule has 0 radical (unpaired) electrons. The Morgan fingerprint density at radius 1 is 1.61 bits per heavy atom. The number of carbonyl (C=O) groups excluding carboxylic acids is 2. The fourth-order valence-electron chi connectivity index (χ4n) is 1.39. The first-order chi connectivity index (χ1) is 8.60. The number of carbonyl (C=O) groups is 2. The van der Waals surface area contributed by atoms with Crippen LogP contribution in [0.25, 0.3) is 0 Å². The van der Waals surface area contributed by atoms with Gasteiger partial charge in [0.15, 0.2) is 0 Å². The summed E-state index contributed by atoms with van der Waals surface area (Å²) in [6, 6.07) is 0. The summed E-state index contributed by atoms with van der Waals surface area (Å²) in [5.74, 6) is -0.641. The summed E-state index contributed by atoms with van der Waals surface area (Å²) in [5.41, 5.74) is 2.28. The van der Waals surface area contributed by atoms with E-state index in [0.717, 1.165) is 0 Å². The van der Waals surface area contributed by atoms with Crippen LogP contribution in [-0.2, 0) is 9.53 Å². The molecule has 0 spiro atoms. The number of amides is 1. The average Bonchev–Trinajstić information content (AvgIpc) is 2.74. The Bertz CT molecular complexity index is 442. The van der Waals surface area contributed by atoms with Crippen molar-refractivity contribution >= 4 is 23.2 Å². The maximum Gasteiger partial charge on any atom is 0.325 e. The minimum absolute atomic E-state index is 0.0734. The number of ether oxygens (including phenoxy) is 1. The second kappa shape index (κ2) is 6.90. The van der Waals surface area contributed by atoms with Crippen LogP contribution < -0.4 is 0 Å². The summed E-state index contributed by atoms with van der Waals surface area (Å²) >= 11 is 1.26. The number of aromatic nitrogens is 1. The van der Waals surface area contributed by atoms with Crippen LogP contribution in [-0.4, -0.2) is 41.5 Å². The van der Waals surface area contributed by atoms with Crippen molar-refractivity contribution in [3.8, 4) is 0 Å². The van der Waals surface area contributed by atoms with Gasteiger partial charge in [-0.15, -0.1) is 17.9 Å². The number of thiazole rings is 1. The molecular weight excluding hydrogens is 252 g/mol. The third-order valence-corrected chi connectivity index (χ3v) is 3.12. The monoisotopic (exact) mass is 268 g/mol. The smallest absolute Gasteiger partial charge is 0.325 e. The quantitative estimate of drug-likeness (QED) is 0.581. The summed E-state index contributed by atoms with van der Waals surface area (Å²) in [5, 5.41) is 0. The third-order valence-electron chi connectivity index (χ3n) is 2.20. The Balaban J connectivity index is 2.78. The lowest BCUT2D eigenvalue weighted by atomic mass is 10.3. The van der Waals surface area contributed by atoms with Gasteiger partial charge in [-0.1, -0.05) is 6.08 Å². The molecule has 0 aliphatic rings. The highest BCUT2D eigenvalue weighted by atomic mass is 32.1. The number of hydrogen-bond acceptors (Lipinski definition) is 5. The highest BCUT2D eigenvalue weighted by Crippen LogP contribution is 2.15. The molecule has 0 atom stereocenters. The van der Waals surface area contributed by atoms with Crippen LogP contribution in [0.3, 0.4) is 0 Å². The van der Waals surface area contributed by atoms with E-state index >= 15 is 0 Å². The molecule has 5 nitrogen and oxygen atoms in total. The molecule has 1 rings (SSSR count). The van der Waals surface area contributed by atoms with Gasteiger partial charge in [0.25, 0.3) is 5.91 Å². The van der Waals surface area contributed by atoms with Crippen molar-refractivity contribution in [2.24, 2.45) is 0 Å². The molecule has 1 heterocycles. The third kappa shape index (κ3) is 3.66. The van der Waals surface area contributed by atoms with E-state index in [1.54, 1.807) is 25.4 Å². The van der Waals surface area contributed by atoms with Gasteiger partial charge in [-0.2, -0.15) is 0 Å². The number of nitrogens with zero attached hydrogens (tertiary/aromatic N) is 2. The van der Waals surface area contributed by atoms with Crippen molar-refractivity contribution in [3.63, 3.8) is 0 Å². The molecule has 98 valence electrons. The average molecular weight is 268 g/mol. The SMILES string of the molecule is C=CCN(CC(=O)OCC)C(=O)c1scnc1C. The number of rotatable bonds is 6. The number of esters is 1. The highest BCUT2D eigenvalue weighted by Gasteiger charge is 2.21. The van der Waals surface area contributed by atoms with Gasteiger partial charge in [0.05, 0.1) is 17.8 Å². The molecule has 6 heteroatoms. The Morgan fingerprint density at radius 3 is 2.83 bits per heavy atom. The van der Waals surface area contributed by atoms with Gasteiger partial charge < -0.3 is 9.64 Å². The lowest BCUT2D eigenvalue weighted by Crippen LogP contribution is -2.36. The zero-order valence-corrected chi connectivity index (χ0v) is 11.3. The summed E-state index contributed by atoms with van der Waals surface area (Å²) in [6.07, 6.45) is 1.58. The van der Waals surface area contributed by atoms with Crippen LogP contribution >= 0.6 is 11.3 Å². The van der Waals surface area contributed by atoms with E-state index in [1.165, 1.54) is 16.2 Å². The van der Waals surface area contributed by atoms with Crippen molar-refractivity contribution in [1.82, 2.24) is 9.88 Å². The van der Waals surface area contributed by atoms with Crippen molar-refractivity contribution in [1.29, 1.82) is 0 Å². The first-order valence-corrected chi connectivity index (χ1v) is 6.44. The minimum Gasteiger partial charge on any atom is -0.465 e. The lowest BCUT2D eigenvalue weighted by Gasteiger charge is -2.19. The molecule has 0 saturated carbocycles. The predicted octanol–water partition coefficient (Wildman–Crippen LogP) is 1.64. The van der Waals surface area contributed by atoms with Crippen molar-refractivity contribution in [3.05, 3.63) is 28.7 Å². The van der Waals surface area contributed by atoms with Gasteiger partial charge in [-0.05, 0) is 13.8 Å². The van der Waals surface area contributed by atoms with Crippen LogP contribution in [0.5, 0.6) is 0 Å². The Labute approximate surface area is 110 Å². The van der Waals surface area contributed by atoms with Gasteiger partial charge >= 0.3 is 5.97 Å².